The quantitative estimate of drug-likeness (QED) is 0.790. The second kappa shape index (κ2) is 5.61. The van der Waals surface area contributed by atoms with Crippen LogP contribution in [0.2, 0.25) is 0 Å². The van der Waals surface area contributed by atoms with Gasteiger partial charge in [-0.3, -0.25) is 0 Å². The lowest BCUT2D eigenvalue weighted by Crippen LogP contribution is -2.28. The Morgan fingerprint density at radius 2 is 2.10 bits per heavy atom. The summed E-state index contributed by atoms with van der Waals surface area (Å²) in [6, 6.07) is 0.312. The molecule has 8 heteroatoms. The molecule has 1 aromatic heterocycles. The largest absolute Gasteiger partial charge is 0.383 e. The molecule has 1 saturated carbocycles. The van der Waals surface area contributed by atoms with Gasteiger partial charge in [-0.25, -0.2) is 13.1 Å². The van der Waals surface area contributed by atoms with Crippen LogP contribution in [-0.4, -0.2) is 56.0 Å². The molecular formula is C12H23N5O2S. The number of anilines is 2. The Morgan fingerprint density at radius 3 is 2.55 bits per heavy atom. The SMILES string of the molecule is CN(C)CCn1nc(NC2CCC2)c(S(C)(=O)=O)c1N. The predicted octanol–water partition coefficient (Wildman–Crippen LogP) is 0.395. The number of sulfone groups is 1. The summed E-state index contributed by atoms with van der Waals surface area (Å²) in [6.45, 7) is 1.31. The molecule has 0 saturated heterocycles. The van der Waals surface area contributed by atoms with E-state index in [2.05, 4.69) is 10.4 Å². The van der Waals surface area contributed by atoms with Crippen LogP contribution >= 0.6 is 0 Å². The number of nitrogen functional groups attached to an aromatic ring is 1. The molecular weight excluding hydrogens is 278 g/mol. The lowest BCUT2D eigenvalue weighted by molar-refractivity contribution is 0.374. The Kier molecular flexibility index (Phi) is 4.24. The Hall–Kier alpha value is -1.28. The number of likely N-dealkylation sites (N-methyl/N-ethyl adjacent to an activating group) is 1. The molecule has 114 valence electrons. The number of hydrogen-bond acceptors (Lipinski definition) is 6. The summed E-state index contributed by atoms with van der Waals surface area (Å²) in [5, 5.41) is 7.54. The molecule has 1 aliphatic carbocycles. The van der Waals surface area contributed by atoms with Gasteiger partial charge in [-0.15, -0.1) is 0 Å². The predicted molar refractivity (Wildman–Crippen MR) is 79.6 cm³/mol. The summed E-state index contributed by atoms with van der Waals surface area (Å²) in [7, 11) is 0.502. The van der Waals surface area contributed by atoms with Crippen molar-refractivity contribution in [1.29, 1.82) is 0 Å². The van der Waals surface area contributed by atoms with Crippen LogP contribution in [0.25, 0.3) is 0 Å². The topological polar surface area (TPSA) is 93.2 Å². The molecule has 0 unspecified atom stereocenters. The minimum Gasteiger partial charge on any atom is -0.383 e. The molecule has 0 aromatic carbocycles. The summed E-state index contributed by atoms with van der Waals surface area (Å²) in [6.07, 6.45) is 4.44. The van der Waals surface area contributed by atoms with Crippen LogP contribution in [0.4, 0.5) is 11.6 Å². The maximum atomic E-state index is 11.9. The number of rotatable bonds is 6. The fourth-order valence-corrected chi connectivity index (χ4v) is 3.07. The molecule has 1 fully saturated rings. The lowest BCUT2D eigenvalue weighted by atomic mass is 9.93. The van der Waals surface area contributed by atoms with E-state index in [9.17, 15) is 8.42 Å². The van der Waals surface area contributed by atoms with Crippen molar-refractivity contribution in [2.24, 2.45) is 0 Å². The van der Waals surface area contributed by atoms with Gasteiger partial charge in [-0.2, -0.15) is 5.10 Å². The van der Waals surface area contributed by atoms with E-state index in [1.165, 1.54) is 12.7 Å². The average Bonchev–Trinajstić information content (AvgIpc) is 2.57. The number of hydrogen-bond donors (Lipinski definition) is 2. The molecule has 0 bridgehead atoms. The zero-order valence-electron chi connectivity index (χ0n) is 12.3. The molecule has 3 N–H and O–H groups in total. The van der Waals surface area contributed by atoms with Gasteiger partial charge < -0.3 is 16.0 Å². The highest BCUT2D eigenvalue weighted by Crippen LogP contribution is 2.30. The van der Waals surface area contributed by atoms with E-state index in [0.717, 1.165) is 19.4 Å². The van der Waals surface area contributed by atoms with Crippen LogP contribution in [-0.2, 0) is 16.4 Å². The van der Waals surface area contributed by atoms with E-state index in [-0.39, 0.29) is 10.7 Å². The first-order valence-electron chi connectivity index (χ1n) is 6.76. The molecule has 20 heavy (non-hydrogen) atoms. The summed E-state index contributed by atoms with van der Waals surface area (Å²) < 4.78 is 25.4. The van der Waals surface area contributed by atoms with Gasteiger partial charge in [0.15, 0.2) is 20.6 Å². The lowest BCUT2D eigenvalue weighted by Gasteiger charge is -2.26. The highest BCUT2D eigenvalue weighted by Gasteiger charge is 2.27. The minimum absolute atomic E-state index is 0.128. The van der Waals surface area contributed by atoms with E-state index in [1.807, 2.05) is 19.0 Å². The van der Waals surface area contributed by atoms with Crippen molar-refractivity contribution >= 4 is 21.5 Å². The Labute approximate surface area is 120 Å². The van der Waals surface area contributed by atoms with Gasteiger partial charge in [0.2, 0.25) is 0 Å². The summed E-state index contributed by atoms with van der Waals surface area (Å²) in [5.74, 6) is 0.615. The first kappa shape index (κ1) is 15.1. The highest BCUT2D eigenvalue weighted by molar-refractivity contribution is 7.91. The molecule has 0 amide bonds. The average molecular weight is 301 g/mol. The molecule has 1 aliphatic rings. The first-order valence-corrected chi connectivity index (χ1v) is 8.66. The molecule has 2 rings (SSSR count). The summed E-state index contributed by atoms with van der Waals surface area (Å²) in [4.78, 5) is 2.13. The van der Waals surface area contributed by atoms with Crippen molar-refractivity contribution in [1.82, 2.24) is 14.7 Å². The van der Waals surface area contributed by atoms with Crippen LogP contribution in [0, 0.1) is 0 Å². The van der Waals surface area contributed by atoms with Gasteiger partial charge in [0.25, 0.3) is 0 Å². The van der Waals surface area contributed by atoms with Gasteiger partial charge >= 0.3 is 0 Å². The van der Waals surface area contributed by atoms with E-state index >= 15 is 0 Å². The van der Waals surface area contributed by atoms with E-state index < -0.39 is 9.84 Å². The van der Waals surface area contributed by atoms with Crippen LogP contribution in [0.5, 0.6) is 0 Å². The Morgan fingerprint density at radius 1 is 1.45 bits per heavy atom. The van der Waals surface area contributed by atoms with Crippen LogP contribution < -0.4 is 11.1 Å². The summed E-state index contributed by atoms with van der Waals surface area (Å²) in [5.41, 5.74) is 5.97. The number of aromatic nitrogens is 2. The number of nitrogens with two attached hydrogens (primary N) is 1. The molecule has 7 nitrogen and oxygen atoms in total. The van der Waals surface area contributed by atoms with Gasteiger partial charge in [0.05, 0.1) is 6.54 Å². The zero-order chi connectivity index (χ0) is 14.9. The maximum Gasteiger partial charge on any atom is 0.182 e. The highest BCUT2D eigenvalue weighted by atomic mass is 32.2. The van der Waals surface area contributed by atoms with Crippen LogP contribution in [0.15, 0.2) is 4.90 Å². The molecule has 0 atom stereocenters. The minimum atomic E-state index is -3.40. The standard InChI is InChI=1S/C12H23N5O2S/c1-16(2)7-8-17-11(13)10(20(3,18)19)12(15-17)14-9-5-4-6-9/h9H,4-8,13H2,1-3H3,(H,14,15). The number of nitrogens with one attached hydrogen (secondary N) is 1. The van der Waals surface area contributed by atoms with E-state index in [4.69, 9.17) is 5.73 Å². The van der Waals surface area contributed by atoms with Crippen molar-refractivity contribution in [3.8, 4) is 0 Å². The fourth-order valence-electron chi connectivity index (χ4n) is 2.13. The monoisotopic (exact) mass is 301 g/mol. The maximum absolute atomic E-state index is 11.9. The van der Waals surface area contributed by atoms with Crippen molar-refractivity contribution in [3.05, 3.63) is 0 Å². The van der Waals surface area contributed by atoms with Gasteiger partial charge in [0.1, 0.15) is 5.82 Å². The van der Waals surface area contributed by atoms with Crippen molar-refractivity contribution in [3.63, 3.8) is 0 Å². The van der Waals surface area contributed by atoms with Gasteiger partial charge in [-0.1, -0.05) is 0 Å². The zero-order valence-corrected chi connectivity index (χ0v) is 13.1. The van der Waals surface area contributed by atoms with Crippen molar-refractivity contribution < 1.29 is 8.42 Å². The van der Waals surface area contributed by atoms with E-state index in [0.29, 0.717) is 18.4 Å². The molecule has 1 aromatic rings. The molecule has 0 spiro atoms. The third-order valence-electron chi connectivity index (χ3n) is 3.52. The third-order valence-corrected chi connectivity index (χ3v) is 4.67. The normalized spacial score (nSPS) is 16.4. The van der Waals surface area contributed by atoms with Crippen molar-refractivity contribution in [2.45, 2.75) is 36.7 Å². The second-order valence-electron chi connectivity index (χ2n) is 5.63. The number of nitrogens with zero attached hydrogens (tertiary/aromatic N) is 3. The molecule has 1 heterocycles. The molecule has 0 aliphatic heterocycles. The van der Waals surface area contributed by atoms with Gasteiger partial charge in [-0.05, 0) is 33.4 Å². The smallest absolute Gasteiger partial charge is 0.182 e. The third kappa shape index (κ3) is 3.24. The van der Waals surface area contributed by atoms with Crippen LogP contribution in [0.3, 0.4) is 0 Å². The Bertz CT molecular complexity index is 575. The van der Waals surface area contributed by atoms with Crippen molar-refractivity contribution in [2.75, 3.05) is 37.9 Å². The first-order chi connectivity index (χ1) is 9.29. The summed E-state index contributed by atoms with van der Waals surface area (Å²) >= 11 is 0. The fraction of sp³-hybridized carbons (Fsp3) is 0.750. The second-order valence-corrected chi connectivity index (χ2v) is 7.59. The Balaban J connectivity index is 2.30. The van der Waals surface area contributed by atoms with Gasteiger partial charge in [0, 0.05) is 18.8 Å². The van der Waals surface area contributed by atoms with E-state index in [1.54, 1.807) is 4.68 Å². The van der Waals surface area contributed by atoms with Crippen LogP contribution in [0.1, 0.15) is 19.3 Å². The molecule has 0 radical (unpaired) electrons.